The summed E-state index contributed by atoms with van der Waals surface area (Å²) in [5.74, 6) is 0.820. The van der Waals surface area contributed by atoms with Crippen LogP contribution in [-0.2, 0) is 16.0 Å². The van der Waals surface area contributed by atoms with Gasteiger partial charge in [0.1, 0.15) is 18.5 Å². The molecule has 1 saturated heterocycles. The molecule has 130 valence electrons. The maximum atomic E-state index is 10.6. The molecule has 0 radical (unpaired) electrons. The Morgan fingerprint density at radius 1 is 1.54 bits per heavy atom. The monoisotopic (exact) mass is 334 g/mol. The molecule has 2 heterocycles. The number of carbonyl (C=O) groups excluding carboxylic acids is 1. The zero-order valence-corrected chi connectivity index (χ0v) is 13.7. The largest absolute Gasteiger partial charge is 0.488 e. The van der Waals surface area contributed by atoms with Gasteiger partial charge in [0.2, 0.25) is 0 Å². The number of aromatic nitrogens is 2. The van der Waals surface area contributed by atoms with Crippen LogP contribution in [0.5, 0.6) is 5.75 Å². The first-order valence-corrected chi connectivity index (χ1v) is 7.94. The van der Waals surface area contributed by atoms with Crippen molar-refractivity contribution in [1.29, 1.82) is 0 Å². The fraction of sp³-hybridized carbons (Fsp3) is 0.500. The van der Waals surface area contributed by atoms with E-state index in [1.165, 1.54) is 0 Å². The molecule has 1 aromatic heterocycles. The Balaban J connectivity index is 1.65. The quantitative estimate of drug-likeness (QED) is 0.790. The van der Waals surface area contributed by atoms with Gasteiger partial charge in [0.05, 0.1) is 24.4 Å². The number of nitrogens with zero attached hydrogens (tertiary/aromatic N) is 2. The fourth-order valence-electron chi connectivity index (χ4n) is 2.69. The number of nitrogens with one attached hydrogen (secondary N) is 1. The van der Waals surface area contributed by atoms with Crippen molar-refractivity contribution in [1.82, 2.24) is 15.1 Å². The average Bonchev–Trinajstić information content (AvgIpc) is 3.17. The highest BCUT2D eigenvalue weighted by atomic mass is 16.5. The van der Waals surface area contributed by atoms with Gasteiger partial charge in [0, 0.05) is 24.9 Å². The van der Waals surface area contributed by atoms with E-state index in [0.29, 0.717) is 19.7 Å². The number of likely N-dealkylation sites (N-methyl/N-ethyl adjacent to an activating group) is 1. The highest BCUT2D eigenvalue weighted by Gasteiger charge is 2.18. The summed E-state index contributed by atoms with van der Waals surface area (Å²) in [7, 11) is 1.94. The second-order valence-corrected chi connectivity index (χ2v) is 5.89. The fourth-order valence-corrected chi connectivity index (χ4v) is 2.69. The van der Waals surface area contributed by atoms with Crippen LogP contribution < -0.4 is 10.5 Å². The Labute approximate surface area is 139 Å². The molecule has 0 bridgehead atoms. The maximum Gasteiger partial charge on any atom is 0.404 e. The molecule has 3 rings (SSSR count). The smallest absolute Gasteiger partial charge is 0.404 e. The third-order valence-corrected chi connectivity index (χ3v) is 3.94. The van der Waals surface area contributed by atoms with Crippen LogP contribution in [0, 0.1) is 0 Å². The van der Waals surface area contributed by atoms with Crippen LogP contribution in [0.25, 0.3) is 10.9 Å². The summed E-state index contributed by atoms with van der Waals surface area (Å²) in [4.78, 5) is 12.6. The Bertz CT molecular complexity index is 696. The molecular formula is C16H22N4O4. The van der Waals surface area contributed by atoms with Crippen LogP contribution in [0.4, 0.5) is 4.79 Å². The van der Waals surface area contributed by atoms with Gasteiger partial charge < -0.3 is 19.9 Å². The number of hydrogen-bond acceptors (Lipinski definition) is 6. The second-order valence-electron chi connectivity index (χ2n) is 5.89. The summed E-state index contributed by atoms with van der Waals surface area (Å²) < 4.78 is 16.0. The molecule has 8 nitrogen and oxygen atoms in total. The van der Waals surface area contributed by atoms with Crippen molar-refractivity contribution in [3.63, 3.8) is 0 Å². The van der Waals surface area contributed by atoms with Crippen molar-refractivity contribution < 1.29 is 19.0 Å². The van der Waals surface area contributed by atoms with Crippen LogP contribution in [0.2, 0.25) is 0 Å². The van der Waals surface area contributed by atoms with Gasteiger partial charge in [-0.05, 0) is 25.2 Å². The van der Waals surface area contributed by atoms with Gasteiger partial charge in [-0.15, -0.1) is 0 Å². The molecule has 24 heavy (non-hydrogen) atoms. The number of rotatable bonds is 7. The molecule has 1 fully saturated rings. The molecule has 0 aliphatic carbocycles. The van der Waals surface area contributed by atoms with E-state index in [9.17, 15) is 4.79 Å². The van der Waals surface area contributed by atoms with Crippen LogP contribution in [0.3, 0.4) is 0 Å². The van der Waals surface area contributed by atoms with E-state index in [2.05, 4.69) is 10.2 Å². The lowest BCUT2D eigenvalue weighted by atomic mass is 10.2. The summed E-state index contributed by atoms with van der Waals surface area (Å²) in [6, 6.07) is 5.87. The van der Waals surface area contributed by atoms with Gasteiger partial charge in [-0.2, -0.15) is 5.10 Å². The highest BCUT2D eigenvalue weighted by Crippen LogP contribution is 2.25. The predicted octanol–water partition coefficient (Wildman–Crippen LogP) is 1.26. The molecular weight excluding hydrogens is 312 g/mol. The van der Waals surface area contributed by atoms with Gasteiger partial charge in [-0.25, -0.2) is 4.79 Å². The molecule has 8 heteroatoms. The highest BCUT2D eigenvalue weighted by molar-refractivity contribution is 5.82. The van der Waals surface area contributed by atoms with Crippen molar-refractivity contribution in [3.05, 3.63) is 23.9 Å². The first kappa shape index (κ1) is 16.5. The summed E-state index contributed by atoms with van der Waals surface area (Å²) in [6.45, 7) is 2.88. The number of primary amides is 1. The maximum absolute atomic E-state index is 10.6. The van der Waals surface area contributed by atoms with E-state index in [4.69, 9.17) is 19.9 Å². The minimum atomic E-state index is -0.756. The number of aromatic amines is 1. The lowest BCUT2D eigenvalue weighted by Crippen LogP contribution is -2.25. The number of benzene rings is 1. The van der Waals surface area contributed by atoms with Gasteiger partial charge in [-0.3, -0.25) is 10.00 Å². The average molecular weight is 334 g/mol. The number of H-pyrrole nitrogens is 1. The topological polar surface area (TPSA) is 103 Å². The van der Waals surface area contributed by atoms with Crippen LogP contribution in [-0.4, -0.2) is 60.7 Å². The first-order valence-electron chi connectivity index (χ1n) is 7.94. The molecule has 1 aliphatic heterocycles. The van der Waals surface area contributed by atoms with Crippen molar-refractivity contribution >= 4 is 17.0 Å². The lowest BCUT2D eigenvalue weighted by Gasteiger charge is -2.15. The summed E-state index contributed by atoms with van der Waals surface area (Å²) in [5.41, 5.74) is 6.83. The number of hydrogen-bond donors (Lipinski definition) is 2. The third kappa shape index (κ3) is 4.15. The van der Waals surface area contributed by atoms with E-state index in [1.54, 1.807) is 0 Å². The molecule has 1 aromatic carbocycles. The van der Waals surface area contributed by atoms with Gasteiger partial charge in [0.15, 0.2) is 0 Å². The van der Waals surface area contributed by atoms with Crippen molar-refractivity contribution in [2.75, 3.05) is 33.4 Å². The molecule has 0 spiro atoms. The summed E-state index contributed by atoms with van der Waals surface area (Å²) in [6.07, 6.45) is 0.276. The van der Waals surface area contributed by atoms with E-state index >= 15 is 0 Å². The Kier molecular flexibility index (Phi) is 5.17. The number of nitrogens with two attached hydrogens (primary N) is 1. The second kappa shape index (κ2) is 7.50. The number of fused-ring (bicyclic) bond motifs is 1. The van der Waals surface area contributed by atoms with Crippen molar-refractivity contribution in [2.45, 2.75) is 19.1 Å². The van der Waals surface area contributed by atoms with Crippen LogP contribution in [0.15, 0.2) is 18.2 Å². The van der Waals surface area contributed by atoms with E-state index < -0.39 is 6.09 Å². The normalized spacial score (nSPS) is 17.5. The van der Waals surface area contributed by atoms with E-state index in [-0.39, 0.29) is 12.7 Å². The first-order chi connectivity index (χ1) is 11.6. The Hall–Kier alpha value is -2.32. The Morgan fingerprint density at radius 3 is 3.17 bits per heavy atom. The molecule has 1 atom stereocenters. The van der Waals surface area contributed by atoms with Gasteiger partial charge in [0.25, 0.3) is 0 Å². The molecule has 1 unspecified atom stereocenters. The van der Waals surface area contributed by atoms with Crippen molar-refractivity contribution in [2.24, 2.45) is 5.73 Å². The zero-order valence-electron chi connectivity index (χ0n) is 13.7. The molecule has 3 N–H and O–H groups in total. The minimum Gasteiger partial charge on any atom is -0.488 e. The predicted molar refractivity (Wildman–Crippen MR) is 87.8 cm³/mol. The SMILES string of the molecule is CN(CCOC(N)=O)Cc1[nH]nc2ccc(OC3CCOC3)cc12. The van der Waals surface area contributed by atoms with Gasteiger partial charge >= 0.3 is 6.09 Å². The molecule has 1 amide bonds. The third-order valence-electron chi connectivity index (χ3n) is 3.94. The van der Waals surface area contributed by atoms with Crippen LogP contribution >= 0.6 is 0 Å². The Morgan fingerprint density at radius 2 is 2.42 bits per heavy atom. The minimum absolute atomic E-state index is 0.117. The van der Waals surface area contributed by atoms with Crippen LogP contribution in [0.1, 0.15) is 12.1 Å². The summed E-state index contributed by atoms with van der Waals surface area (Å²) >= 11 is 0. The number of amides is 1. The number of carbonyl (C=O) groups is 1. The van der Waals surface area contributed by atoms with E-state index in [0.717, 1.165) is 35.4 Å². The standard InChI is InChI=1S/C16H22N4O4/c1-20(5-7-23-16(17)21)9-15-13-8-11(2-3-14(13)18-19-15)24-12-4-6-22-10-12/h2-3,8,12H,4-7,9-10H2,1H3,(H2,17,21)(H,18,19). The molecule has 0 saturated carbocycles. The zero-order chi connectivity index (χ0) is 16.9. The molecule has 2 aromatic rings. The van der Waals surface area contributed by atoms with Crippen molar-refractivity contribution in [3.8, 4) is 5.75 Å². The number of ether oxygens (including phenoxy) is 3. The lowest BCUT2D eigenvalue weighted by molar-refractivity contribution is 0.140. The van der Waals surface area contributed by atoms with E-state index in [1.807, 2.05) is 30.1 Å². The van der Waals surface area contributed by atoms with Gasteiger partial charge in [-0.1, -0.05) is 0 Å². The molecule has 1 aliphatic rings. The summed E-state index contributed by atoms with van der Waals surface area (Å²) in [5, 5.41) is 8.40.